The summed E-state index contributed by atoms with van der Waals surface area (Å²) in [6.07, 6.45) is 3.53. The number of nitrogens with one attached hydrogen (secondary N) is 1. The Kier molecular flexibility index (Phi) is 4.16. The second-order valence-electron chi connectivity index (χ2n) is 6.51. The number of aromatic nitrogens is 4. The van der Waals surface area contributed by atoms with Gasteiger partial charge in [0.1, 0.15) is 11.5 Å². The second-order valence-corrected chi connectivity index (χ2v) is 6.51. The summed E-state index contributed by atoms with van der Waals surface area (Å²) in [6.45, 7) is 2.66. The van der Waals surface area contributed by atoms with E-state index in [9.17, 15) is 4.79 Å². The van der Waals surface area contributed by atoms with Gasteiger partial charge in [-0.15, -0.1) is 10.2 Å². The van der Waals surface area contributed by atoms with E-state index in [0.29, 0.717) is 12.2 Å². The van der Waals surface area contributed by atoms with E-state index in [1.54, 1.807) is 0 Å². The van der Waals surface area contributed by atoms with Crippen LogP contribution in [0.5, 0.6) is 0 Å². The summed E-state index contributed by atoms with van der Waals surface area (Å²) in [5, 5.41) is 12.5. The van der Waals surface area contributed by atoms with E-state index in [1.807, 2.05) is 58.6 Å². The van der Waals surface area contributed by atoms with E-state index in [4.69, 9.17) is 0 Å². The molecule has 6 heteroatoms. The van der Waals surface area contributed by atoms with Gasteiger partial charge in [0.05, 0.1) is 5.52 Å². The Balaban J connectivity index is 1.40. The van der Waals surface area contributed by atoms with Crippen LogP contribution in [0.25, 0.3) is 16.6 Å². The summed E-state index contributed by atoms with van der Waals surface area (Å²) in [7, 11) is 1.94. The summed E-state index contributed by atoms with van der Waals surface area (Å²) in [5.74, 6) is 0.865. The zero-order valence-electron chi connectivity index (χ0n) is 14.9. The number of pyridine rings is 1. The minimum atomic E-state index is -0.0470. The first-order chi connectivity index (χ1) is 12.6. The van der Waals surface area contributed by atoms with Crippen molar-refractivity contribution in [1.29, 1.82) is 0 Å². The molecule has 3 heterocycles. The van der Waals surface area contributed by atoms with Crippen molar-refractivity contribution >= 4 is 22.5 Å². The van der Waals surface area contributed by atoms with E-state index in [2.05, 4.69) is 28.5 Å². The Morgan fingerprint density at radius 3 is 2.88 bits per heavy atom. The van der Waals surface area contributed by atoms with Gasteiger partial charge in [-0.05, 0) is 37.1 Å². The predicted molar refractivity (Wildman–Crippen MR) is 101 cm³/mol. The number of amides is 1. The molecule has 6 nitrogen and oxygen atoms in total. The van der Waals surface area contributed by atoms with Crippen molar-refractivity contribution in [2.45, 2.75) is 19.8 Å². The molecule has 0 aliphatic carbocycles. The van der Waals surface area contributed by atoms with Crippen LogP contribution in [0.2, 0.25) is 0 Å². The third kappa shape index (κ3) is 2.83. The fourth-order valence-electron chi connectivity index (χ4n) is 3.44. The number of hydrogen-bond acceptors (Lipinski definition) is 3. The molecule has 1 aromatic carbocycles. The topological polar surface area (TPSA) is 64.2 Å². The highest BCUT2D eigenvalue weighted by Crippen LogP contribution is 2.21. The maximum atomic E-state index is 12.6. The van der Waals surface area contributed by atoms with E-state index in [0.717, 1.165) is 35.2 Å². The lowest BCUT2D eigenvalue weighted by Crippen LogP contribution is -2.26. The molecule has 1 N–H and O–H groups in total. The van der Waals surface area contributed by atoms with Crippen LogP contribution >= 0.6 is 0 Å². The van der Waals surface area contributed by atoms with Gasteiger partial charge in [0.2, 0.25) is 0 Å². The average molecular weight is 347 g/mol. The zero-order valence-corrected chi connectivity index (χ0v) is 14.9. The molecule has 26 heavy (non-hydrogen) atoms. The highest BCUT2D eigenvalue weighted by atomic mass is 16.1. The largest absolute Gasteiger partial charge is 0.351 e. The summed E-state index contributed by atoms with van der Waals surface area (Å²) in [4.78, 5) is 12.6. The Morgan fingerprint density at radius 2 is 2.04 bits per heavy atom. The quantitative estimate of drug-likeness (QED) is 0.565. The first kappa shape index (κ1) is 16.3. The number of carbonyl (C=O) groups excluding carboxylic acids is 1. The van der Waals surface area contributed by atoms with Gasteiger partial charge in [-0.1, -0.05) is 24.3 Å². The van der Waals surface area contributed by atoms with Gasteiger partial charge in [0, 0.05) is 31.6 Å². The maximum Gasteiger partial charge on any atom is 0.267 e. The molecule has 0 saturated carbocycles. The number of aryl methyl sites for hydroxylation is 3. The summed E-state index contributed by atoms with van der Waals surface area (Å²) >= 11 is 0. The first-order valence-electron chi connectivity index (χ1n) is 8.77. The number of rotatable bonds is 5. The molecule has 0 atom stereocenters. The predicted octanol–water partition coefficient (Wildman–Crippen LogP) is 2.89. The van der Waals surface area contributed by atoms with Crippen LogP contribution in [0.3, 0.4) is 0 Å². The van der Waals surface area contributed by atoms with Gasteiger partial charge in [-0.3, -0.25) is 9.20 Å². The van der Waals surface area contributed by atoms with Gasteiger partial charge in [0.15, 0.2) is 5.65 Å². The standard InChI is InChI=1S/C20H21N5O/c1-14-7-5-8-15-13-16(24(2)19(14)15)20(26)21-11-6-10-18-23-22-17-9-3-4-12-25(17)18/h3-5,7-9,12-13H,6,10-11H2,1-2H3,(H,21,26). The molecule has 0 aliphatic heterocycles. The van der Waals surface area contributed by atoms with Crippen molar-refractivity contribution in [3.8, 4) is 0 Å². The second kappa shape index (κ2) is 6.63. The molecule has 4 rings (SSSR count). The van der Waals surface area contributed by atoms with Crippen LogP contribution in [-0.2, 0) is 13.5 Å². The fourth-order valence-corrected chi connectivity index (χ4v) is 3.44. The molecule has 0 unspecified atom stereocenters. The fraction of sp³-hybridized carbons (Fsp3) is 0.250. The Bertz CT molecular complexity index is 1090. The highest BCUT2D eigenvalue weighted by molar-refractivity contribution is 5.99. The lowest BCUT2D eigenvalue weighted by molar-refractivity contribution is 0.0945. The third-order valence-corrected chi connectivity index (χ3v) is 4.74. The highest BCUT2D eigenvalue weighted by Gasteiger charge is 2.14. The lowest BCUT2D eigenvalue weighted by atomic mass is 10.2. The number of hydrogen-bond donors (Lipinski definition) is 1. The van der Waals surface area contributed by atoms with Gasteiger partial charge in [0.25, 0.3) is 5.91 Å². The molecule has 0 spiro atoms. The number of carbonyl (C=O) groups is 1. The van der Waals surface area contributed by atoms with Gasteiger partial charge in [-0.2, -0.15) is 0 Å². The maximum absolute atomic E-state index is 12.6. The van der Waals surface area contributed by atoms with Crippen molar-refractivity contribution in [2.24, 2.45) is 7.05 Å². The van der Waals surface area contributed by atoms with Crippen molar-refractivity contribution in [2.75, 3.05) is 6.54 Å². The molecular weight excluding hydrogens is 326 g/mol. The van der Waals surface area contributed by atoms with Crippen molar-refractivity contribution in [3.05, 3.63) is 65.7 Å². The molecule has 0 aliphatic rings. The van der Waals surface area contributed by atoms with Crippen LogP contribution in [0.1, 0.15) is 28.3 Å². The van der Waals surface area contributed by atoms with Crippen molar-refractivity contribution in [1.82, 2.24) is 24.5 Å². The molecule has 1 amide bonds. The number of para-hydroxylation sites is 1. The summed E-state index contributed by atoms with van der Waals surface area (Å²) < 4.78 is 3.94. The number of nitrogens with zero attached hydrogens (tertiary/aromatic N) is 4. The Hall–Kier alpha value is -3.15. The molecule has 0 bridgehead atoms. The zero-order chi connectivity index (χ0) is 18.1. The molecule has 4 aromatic rings. The molecule has 132 valence electrons. The van der Waals surface area contributed by atoms with Gasteiger partial charge >= 0.3 is 0 Å². The van der Waals surface area contributed by atoms with E-state index >= 15 is 0 Å². The molecule has 3 aromatic heterocycles. The monoisotopic (exact) mass is 347 g/mol. The van der Waals surface area contributed by atoms with E-state index in [-0.39, 0.29) is 5.91 Å². The minimum absolute atomic E-state index is 0.0470. The average Bonchev–Trinajstić information content (AvgIpc) is 3.21. The third-order valence-electron chi connectivity index (χ3n) is 4.74. The van der Waals surface area contributed by atoms with Gasteiger partial charge in [-0.25, -0.2) is 0 Å². The van der Waals surface area contributed by atoms with Gasteiger partial charge < -0.3 is 9.88 Å². The Labute approximate surface area is 151 Å². The minimum Gasteiger partial charge on any atom is -0.351 e. The van der Waals surface area contributed by atoms with Crippen LogP contribution in [-0.4, -0.2) is 31.6 Å². The Morgan fingerprint density at radius 1 is 1.15 bits per heavy atom. The van der Waals surface area contributed by atoms with Crippen molar-refractivity contribution in [3.63, 3.8) is 0 Å². The molecular formula is C20H21N5O. The molecule has 0 saturated heterocycles. The van der Waals surface area contributed by atoms with Crippen LogP contribution in [0, 0.1) is 6.92 Å². The molecule has 0 fully saturated rings. The normalized spacial score (nSPS) is 11.3. The smallest absolute Gasteiger partial charge is 0.267 e. The first-order valence-corrected chi connectivity index (χ1v) is 8.77. The van der Waals surface area contributed by atoms with E-state index in [1.165, 1.54) is 5.56 Å². The van der Waals surface area contributed by atoms with Crippen molar-refractivity contribution < 1.29 is 4.79 Å². The SMILES string of the molecule is Cc1cccc2cc(C(=O)NCCCc3nnc4ccccn34)n(C)c12. The van der Waals surface area contributed by atoms with Crippen LogP contribution in [0.4, 0.5) is 0 Å². The summed E-state index contributed by atoms with van der Waals surface area (Å²) in [6, 6.07) is 13.9. The lowest BCUT2D eigenvalue weighted by Gasteiger charge is -2.07. The summed E-state index contributed by atoms with van der Waals surface area (Å²) in [5.41, 5.74) is 3.80. The molecule has 0 radical (unpaired) electrons. The van der Waals surface area contributed by atoms with Crippen LogP contribution in [0.15, 0.2) is 48.7 Å². The number of benzene rings is 1. The van der Waals surface area contributed by atoms with E-state index < -0.39 is 0 Å². The van der Waals surface area contributed by atoms with Crippen LogP contribution < -0.4 is 5.32 Å². The number of fused-ring (bicyclic) bond motifs is 2.